The molecule has 1 atom stereocenters. The van der Waals surface area contributed by atoms with E-state index in [4.69, 9.17) is 4.74 Å². The van der Waals surface area contributed by atoms with E-state index >= 15 is 0 Å². The van der Waals surface area contributed by atoms with Gasteiger partial charge in [-0.1, -0.05) is 19.3 Å². The summed E-state index contributed by atoms with van der Waals surface area (Å²) in [6, 6.07) is 2.55. The summed E-state index contributed by atoms with van der Waals surface area (Å²) in [5.41, 5.74) is 1.26. The molecule has 3 nitrogen and oxygen atoms in total. The van der Waals surface area contributed by atoms with Crippen molar-refractivity contribution in [2.24, 2.45) is 5.92 Å². The van der Waals surface area contributed by atoms with E-state index < -0.39 is 0 Å². The lowest BCUT2D eigenvalue weighted by Gasteiger charge is -2.30. The van der Waals surface area contributed by atoms with Gasteiger partial charge in [-0.3, -0.25) is 4.98 Å². The van der Waals surface area contributed by atoms with Gasteiger partial charge in [0.15, 0.2) is 0 Å². The molecule has 0 saturated heterocycles. The first kappa shape index (κ1) is 14.3. The Labute approximate surface area is 116 Å². The molecule has 1 heterocycles. The molecule has 1 aromatic heterocycles. The summed E-state index contributed by atoms with van der Waals surface area (Å²) in [6.45, 7) is 4.09. The fourth-order valence-electron chi connectivity index (χ4n) is 3.08. The highest BCUT2D eigenvalue weighted by Gasteiger charge is 2.24. The van der Waals surface area contributed by atoms with Crippen molar-refractivity contribution >= 4 is 0 Å². The van der Waals surface area contributed by atoms with Gasteiger partial charge in [-0.25, -0.2) is 0 Å². The molecule has 0 amide bonds. The maximum absolute atomic E-state index is 5.75. The van der Waals surface area contributed by atoms with Crippen LogP contribution >= 0.6 is 0 Å². The normalized spacial score (nSPS) is 18.5. The van der Waals surface area contributed by atoms with Gasteiger partial charge in [0.25, 0.3) is 0 Å². The molecule has 19 heavy (non-hydrogen) atoms. The fraction of sp³-hybridized carbons (Fsp3) is 0.688. The number of nitrogens with one attached hydrogen (secondary N) is 1. The van der Waals surface area contributed by atoms with Crippen molar-refractivity contribution in [1.29, 1.82) is 0 Å². The van der Waals surface area contributed by atoms with Crippen molar-refractivity contribution in [2.45, 2.75) is 58.1 Å². The molecule has 1 unspecified atom stereocenters. The van der Waals surface area contributed by atoms with Crippen molar-refractivity contribution in [2.75, 3.05) is 7.05 Å². The van der Waals surface area contributed by atoms with Crippen LogP contribution in [0.2, 0.25) is 0 Å². The number of pyridine rings is 1. The zero-order chi connectivity index (χ0) is 13.7. The van der Waals surface area contributed by atoms with Gasteiger partial charge in [0, 0.05) is 12.2 Å². The molecule has 1 saturated carbocycles. The molecule has 1 aliphatic carbocycles. The Morgan fingerprint density at radius 2 is 1.95 bits per heavy atom. The van der Waals surface area contributed by atoms with Crippen LogP contribution in [-0.4, -0.2) is 18.1 Å². The van der Waals surface area contributed by atoms with Crippen LogP contribution in [-0.2, 0) is 0 Å². The molecule has 0 bridgehead atoms. The smallest absolute Gasteiger partial charge is 0.138 e. The summed E-state index contributed by atoms with van der Waals surface area (Å²) >= 11 is 0. The van der Waals surface area contributed by atoms with E-state index in [1.54, 1.807) is 6.20 Å². The molecule has 0 spiro atoms. The van der Waals surface area contributed by atoms with Gasteiger partial charge in [0.2, 0.25) is 0 Å². The predicted molar refractivity (Wildman–Crippen MR) is 78.4 cm³/mol. The van der Waals surface area contributed by atoms with Crippen molar-refractivity contribution in [3.8, 4) is 5.75 Å². The molecule has 1 fully saturated rings. The highest BCUT2D eigenvalue weighted by atomic mass is 16.5. The molecule has 0 aliphatic heterocycles. The van der Waals surface area contributed by atoms with Crippen LogP contribution in [0.15, 0.2) is 18.5 Å². The van der Waals surface area contributed by atoms with E-state index in [1.807, 2.05) is 20.0 Å². The topological polar surface area (TPSA) is 34.2 Å². The largest absolute Gasteiger partial charge is 0.489 e. The fourth-order valence-corrected chi connectivity index (χ4v) is 3.08. The third-order valence-corrected chi connectivity index (χ3v) is 3.90. The Bertz CT molecular complexity index is 386. The van der Waals surface area contributed by atoms with Crippen LogP contribution in [0.25, 0.3) is 0 Å². The van der Waals surface area contributed by atoms with Crippen LogP contribution in [0.4, 0.5) is 0 Å². The minimum Gasteiger partial charge on any atom is -0.489 e. The molecule has 2 rings (SSSR count). The Balaban J connectivity index is 2.12. The predicted octanol–water partition coefficient (Wildman–Crippen LogP) is 3.71. The molecule has 0 radical (unpaired) electrons. The van der Waals surface area contributed by atoms with E-state index in [2.05, 4.69) is 23.4 Å². The first-order valence-electron chi connectivity index (χ1n) is 7.49. The van der Waals surface area contributed by atoms with Gasteiger partial charge in [-0.05, 0) is 51.3 Å². The maximum atomic E-state index is 5.75. The first-order chi connectivity index (χ1) is 9.20. The average molecular weight is 262 g/mol. The lowest BCUT2D eigenvalue weighted by molar-refractivity contribution is 0.239. The third-order valence-electron chi connectivity index (χ3n) is 3.90. The Morgan fingerprint density at radius 3 is 2.58 bits per heavy atom. The molecule has 0 aromatic carbocycles. The number of hydrogen-bond acceptors (Lipinski definition) is 3. The number of aromatic nitrogens is 1. The summed E-state index contributed by atoms with van der Waals surface area (Å²) < 4.78 is 5.75. The summed E-state index contributed by atoms with van der Waals surface area (Å²) in [6.07, 6.45) is 10.7. The highest BCUT2D eigenvalue weighted by molar-refractivity contribution is 5.26. The van der Waals surface area contributed by atoms with Crippen molar-refractivity contribution in [3.63, 3.8) is 0 Å². The van der Waals surface area contributed by atoms with Crippen molar-refractivity contribution in [1.82, 2.24) is 10.3 Å². The quantitative estimate of drug-likeness (QED) is 0.878. The standard InChI is InChI=1S/C16H26N2O/c1-12(2)19-15-9-14(10-18-11-15)16(17-3)13-7-5-4-6-8-13/h9-13,16-17H,4-8H2,1-3H3. The van der Waals surface area contributed by atoms with Crippen molar-refractivity contribution < 1.29 is 4.74 Å². The van der Waals surface area contributed by atoms with Crippen LogP contribution in [0.1, 0.15) is 57.6 Å². The lowest BCUT2D eigenvalue weighted by Crippen LogP contribution is -2.27. The van der Waals surface area contributed by atoms with E-state index in [0.29, 0.717) is 6.04 Å². The number of rotatable bonds is 5. The molecule has 1 N–H and O–H groups in total. The van der Waals surface area contributed by atoms with Gasteiger partial charge in [-0.2, -0.15) is 0 Å². The Hall–Kier alpha value is -1.09. The second-order valence-electron chi connectivity index (χ2n) is 5.79. The van der Waals surface area contributed by atoms with E-state index in [1.165, 1.54) is 37.7 Å². The van der Waals surface area contributed by atoms with E-state index in [0.717, 1.165) is 11.7 Å². The minimum absolute atomic E-state index is 0.194. The highest BCUT2D eigenvalue weighted by Crippen LogP contribution is 2.34. The molecule has 106 valence electrons. The molecule has 1 aliphatic rings. The molecule has 1 aromatic rings. The molecular formula is C16H26N2O. The van der Waals surface area contributed by atoms with Gasteiger partial charge >= 0.3 is 0 Å². The second-order valence-corrected chi connectivity index (χ2v) is 5.79. The van der Waals surface area contributed by atoms with Crippen LogP contribution in [0, 0.1) is 5.92 Å². The SMILES string of the molecule is CNC(c1cncc(OC(C)C)c1)C1CCCCC1. The van der Waals surface area contributed by atoms with Gasteiger partial charge in [0.05, 0.1) is 12.3 Å². The summed E-state index contributed by atoms with van der Waals surface area (Å²) in [5.74, 6) is 1.61. The third kappa shape index (κ3) is 3.93. The summed E-state index contributed by atoms with van der Waals surface area (Å²) in [7, 11) is 2.05. The number of nitrogens with zero attached hydrogens (tertiary/aromatic N) is 1. The van der Waals surface area contributed by atoms with Crippen LogP contribution in [0.3, 0.4) is 0 Å². The maximum Gasteiger partial charge on any atom is 0.138 e. The van der Waals surface area contributed by atoms with Gasteiger partial charge < -0.3 is 10.1 Å². The van der Waals surface area contributed by atoms with Crippen molar-refractivity contribution in [3.05, 3.63) is 24.0 Å². The Kier molecular flexibility index (Phi) is 5.20. The van der Waals surface area contributed by atoms with Gasteiger partial charge in [-0.15, -0.1) is 0 Å². The number of hydrogen-bond donors (Lipinski definition) is 1. The number of ether oxygens (including phenoxy) is 1. The minimum atomic E-state index is 0.194. The lowest BCUT2D eigenvalue weighted by atomic mass is 9.81. The Morgan fingerprint density at radius 1 is 1.21 bits per heavy atom. The van der Waals surface area contributed by atoms with E-state index in [9.17, 15) is 0 Å². The summed E-state index contributed by atoms with van der Waals surface area (Å²) in [5, 5.41) is 3.47. The van der Waals surface area contributed by atoms with Crippen LogP contribution in [0.5, 0.6) is 5.75 Å². The van der Waals surface area contributed by atoms with Gasteiger partial charge in [0.1, 0.15) is 5.75 Å². The molecular weight excluding hydrogens is 236 g/mol. The average Bonchev–Trinajstić information content (AvgIpc) is 2.40. The second kappa shape index (κ2) is 6.90. The first-order valence-corrected chi connectivity index (χ1v) is 7.49. The van der Waals surface area contributed by atoms with E-state index in [-0.39, 0.29) is 6.10 Å². The zero-order valence-electron chi connectivity index (χ0n) is 12.4. The zero-order valence-corrected chi connectivity index (χ0v) is 12.4. The monoisotopic (exact) mass is 262 g/mol. The molecule has 3 heteroatoms. The summed E-state index contributed by atoms with van der Waals surface area (Å²) in [4.78, 5) is 4.34. The van der Waals surface area contributed by atoms with Crippen LogP contribution < -0.4 is 10.1 Å².